The summed E-state index contributed by atoms with van der Waals surface area (Å²) in [5.74, 6) is 0.201. The van der Waals surface area contributed by atoms with Gasteiger partial charge in [0.1, 0.15) is 5.82 Å². The van der Waals surface area contributed by atoms with Gasteiger partial charge in [0.05, 0.1) is 0 Å². The van der Waals surface area contributed by atoms with Gasteiger partial charge in [-0.1, -0.05) is 12.2 Å². The smallest absolute Gasteiger partial charge is 0.227 e. The highest BCUT2D eigenvalue weighted by Gasteiger charge is 1.98. The maximum Gasteiger partial charge on any atom is 0.227 e. The van der Waals surface area contributed by atoms with Crippen LogP contribution in [0.15, 0.2) is 42.7 Å². The van der Waals surface area contributed by atoms with Crippen LogP contribution in [0.2, 0.25) is 0 Å². The Bertz CT molecular complexity index is 561. The van der Waals surface area contributed by atoms with Crippen molar-refractivity contribution >= 4 is 17.7 Å². The van der Waals surface area contributed by atoms with Gasteiger partial charge in [-0.3, -0.25) is 0 Å². The zero-order chi connectivity index (χ0) is 14.4. The molecule has 0 aliphatic carbocycles. The zero-order valence-corrected chi connectivity index (χ0v) is 11.3. The molecule has 1 aromatic carbocycles. The van der Waals surface area contributed by atoms with Crippen LogP contribution in [0.3, 0.4) is 0 Å². The summed E-state index contributed by atoms with van der Waals surface area (Å²) in [7, 11) is 0. The van der Waals surface area contributed by atoms with Crippen molar-refractivity contribution in [2.75, 3.05) is 5.32 Å². The first-order chi connectivity index (χ1) is 9.63. The molecule has 0 unspecified atom stereocenters. The van der Waals surface area contributed by atoms with Crippen molar-refractivity contribution in [3.05, 3.63) is 54.1 Å². The number of nitrogens with one attached hydrogen (secondary N) is 1. The van der Waals surface area contributed by atoms with E-state index in [1.54, 1.807) is 24.5 Å². The summed E-state index contributed by atoms with van der Waals surface area (Å²) >= 11 is 0. The average Bonchev–Trinajstić information content (AvgIpc) is 2.43. The second-order valence-corrected chi connectivity index (χ2v) is 4.59. The SMILES string of the molecule is C[C@H](N)C/C=C/c1cnc(Nc2ccc(F)cc2)nc1. The number of rotatable bonds is 5. The van der Waals surface area contributed by atoms with E-state index in [0.717, 1.165) is 17.7 Å². The van der Waals surface area contributed by atoms with Crippen LogP contribution in [0.1, 0.15) is 18.9 Å². The molecule has 0 fully saturated rings. The van der Waals surface area contributed by atoms with Gasteiger partial charge in [0.25, 0.3) is 0 Å². The van der Waals surface area contributed by atoms with Crippen molar-refractivity contribution in [3.8, 4) is 0 Å². The summed E-state index contributed by atoms with van der Waals surface area (Å²) in [6.45, 7) is 1.95. The molecule has 0 saturated heterocycles. The molecule has 0 radical (unpaired) electrons. The summed E-state index contributed by atoms with van der Waals surface area (Å²) < 4.78 is 12.8. The monoisotopic (exact) mass is 272 g/mol. The van der Waals surface area contributed by atoms with Crippen LogP contribution in [0.4, 0.5) is 16.0 Å². The lowest BCUT2D eigenvalue weighted by Crippen LogP contribution is -2.12. The van der Waals surface area contributed by atoms with Crippen molar-refractivity contribution in [1.82, 2.24) is 9.97 Å². The van der Waals surface area contributed by atoms with E-state index in [1.165, 1.54) is 12.1 Å². The number of nitrogens with zero attached hydrogens (tertiary/aromatic N) is 2. The van der Waals surface area contributed by atoms with Crippen molar-refractivity contribution in [1.29, 1.82) is 0 Å². The highest BCUT2D eigenvalue weighted by atomic mass is 19.1. The standard InChI is InChI=1S/C15H17FN4/c1-11(17)3-2-4-12-9-18-15(19-10-12)20-14-7-5-13(16)6-8-14/h2,4-11H,3,17H2,1H3,(H,18,19,20)/b4-2+/t11-/m0/s1. The van der Waals surface area contributed by atoms with Gasteiger partial charge in [0.15, 0.2) is 0 Å². The Balaban J connectivity index is 1.97. The normalized spacial score (nSPS) is 12.6. The van der Waals surface area contributed by atoms with Crippen LogP contribution in [-0.2, 0) is 0 Å². The largest absolute Gasteiger partial charge is 0.328 e. The Kier molecular flexibility index (Phi) is 4.79. The molecule has 1 heterocycles. The molecule has 0 aliphatic rings. The van der Waals surface area contributed by atoms with E-state index in [4.69, 9.17) is 5.73 Å². The number of aromatic nitrogens is 2. The fourth-order valence-corrected chi connectivity index (χ4v) is 1.57. The maximum atomic E-state index is 12.8. The van der Waals surface area contributed by atoms with Crippen molar-refractivity contribution in [2.45, 2.75) is 19.4 Å². The Hall–Kier alpha value is -2.27. The fourth-order valence-electron chi connectivity index (χ4n) is 1.57. The lowest BCUT2D eigenvalue weighted by molar-refractivity contribution is 0.628. The molecular formula is C15H17FN4. The molecule has 0 aliphatic heterocycles. The molecule has 104 valence electrons. The van der Waals surface area contributed by atoms with Crippen LogP contribution in [0.25, 0.3) is 6.08 Å². The predicted octanol–water partition coefficient (Wildman–Crippen LogP) is 3.11. The van der Waals surface area contributed by atoms with Gasteiger partial charge in [-0.25, -0.2) is 14.4 Å². The summed E-state index contributed by atoms with van der Waals surface area (Å²) in [5.41, 5.74) is 7.31. The molecule has 0 saturated carbocycles. The molecule has 2 rings (SSSR count). The summed E-state index contributed by atoms with van der Waals surface area (Å²) in [6, 6.07) is 6.18. The second-order valence-electron chi connectivity index (χ2n) is 4.59. The number of hydrogen-bond acceptors (Lipinski definition) is 4. The van der Waals surface area contributed by atoms with E-state index in [1.807, 2.05) is 19.1 Å². The summed E-state index contributed by atoms with van der Waals surface area (Å²) in [4.78, 5) is 8.39. The topological polar surface area (TPSA) is 63.8 Å². The Morgan fingerprint density at radius 3 is 2.50 bits per heavy atom. The minimum atomic E-state index is -0.272. The molecule has 20 heavy (non-hydrogen) atoms. The highest BCUT2D eigenvalue weighted by Crippen LogP contribution is 2.13. The quantitative estimate of drug-likeness (QED) is 0.877. The van der Waals surface area contributed by atoms with Crippen molar-refractivity contribution in [3.63, 3.8) is 0 Å². The number of halogens is 1. The number of hydrogen-bond donors (Lipinski definition) is 2. The highest BCUT2D eigenvalue weighted by molar-refractivity contribution is 5.54. The van der Waals surface area contributed by atoms with Gasteiger partial charge in [-0.2, -0.15) is 0 Å². The van der Waals surface area contributed by atoms with Crippen LogP contribution in [-0.4, -0.2) is 16.0 Å². The van der Waals surface area contributed by atoms with E-state index in [9.17, 15) is 4.39 Å². The Morgan fingerprint density at radius 1 is 1.25 bits per heavy atom. The zero-order valence-electron chi connectivity index (χ0n) is 11.3. The van der Waals surface area contributed by atoms with Crippen LogP contribution in [0, 0.1) is 5.82 Å². The average molecular weight is 272 g/mol. The third-order valence-corrected chi connectivity index (χ3v) is 2.59. The third kappa shape index (κ3) is 4.44. The molecule has 3 N–H and O–H groups in total. The van der Waals surface area contributed by atoms with Crippen LogP contribution >= 0.6 is 0 Å². The molecule has 0 amide bonds. The van der Waals surface area contributed by atoms with E-state index in [0.29, 0.717) is 5.95 Å². The minimum Gasteiger partial charge on any atom is -0.328 e. The van der Waals surface area contributed by atoms with Crippen LogP contribution < -0.4 is 11.1 Å². The van der Waals surface area contributed by atoms with Gasteiger partial charge in [-0.05, 0) is 37.6 Å². The van der Waals surface area contributed by atoms with Crippen LogP contribution in [0.5, 0.6) is 0 Å². The molecule has 0 spiro atoms. The van der Waals surface area contributed by atoms with E-state index in [2.05, 4.69) is 15.3 Å². The molecule has 0 bridgehead atoms. The Morgan fingerprint density at radius 2 is 1.90 bits per heavy atom. The molecule has 2 aromatic rings. The molecule has 4 nitrogen and oxygen atoms in total. The first kappa shape index (κ1) is 14.1. The minimum absolute atomic E-state index is 0.145. The predicted molar refractivity (Wildman–Crippen MR) is 79.0 cm³/mol. The van der Waals surface area contributed by atoms with Gasteiger partial charge < -0.3 is 11.1 Å². The lowest BCUT2D eigenvalue weighted by Gasteiger charge is -2.04. The van der Waals surface area contributed by atoms with E-state index < -0.39 is 0 Å². The van der Waals surface area contributed by atoms with Crippen molar-refractivity contribution in [2.24, 2.45) is 5.73 Å². The first-order valence-electron chi connectivity index (χ1n) is 6.40. The van der Waals surface area contributed by atoms with Gasteiger partial charge in [0, 0.05) is 29.7 Å². The third-order valence-electron chi connectivity index (χ3n) is 2.59. The summed E-state index contributed by atoms with van der Waals surface area (Å²) in [5, 5.41) is 3.00. The molecule has 1 atom stereocenters. The van der Waals surface area contributed by atoms with Gasteiger partial charge >= 0.3 is 0 Å². The number of benzene rings is 1. The molecule has 5 heteroatoms. The van der Waals surface area contributed by atoms with Gasteiger partial charge in [-0.15, -0.1) is 0 Å². The van der Waals surface area contributed by atoms with Crippen molar-refractivity contribution < 1.29 is 4.39 Å². The number of anilines is 2. The lowest BCUT2D eigenvalue weighted by atomic mass is 10.2. The first-order valence-corrected chi connectivity index (χ1v) is 6.40. The maximum absolute atomic E-state index is 12.8. The second kappa shape index (κ2) is 6.77. The molecule has 1 aromatic heterocycles. The molecular weight excluding hydrogens is 255 g/mol. The van der Waals surface area contributed by atoms with E-state index in [-0.39, 0.29) is 11.9 Å². The van der Waals surface area contributed by atoms with E-state index >= 15 is 0 Å². The fraction of sp³-hybridized carbons (Fsp3) is 0.200. The Labute approximate surface area is 117 Å². The summed E-state index contributed by atoms with van der Waals surface area (Å²) in [6.07, 6.45) is 8.18. The number of nitrogens with two attached hydrogens (primary N) is 1. The van der Waals surface area contributed by atoms with Gasteiger partial charge in [0.2, 0.25) is 5.95 Å².